The molecule has 6 nitrogen and oxygen atoms in total. The van der Waals surface area contributed by atoms with Crippen molar-refractivity contribution in [2.24, 2.45) is 0 Å². The molecule has 0 saturated carbocycles. The monoisotopic (exact) mass is 148 g/mol. The maximum Gasteiger partial charge on any atom is 1.00 e. The van der Waals surface area contributed by atoms with Crippen molar-refractivity contribution in [2.75, 3.05) is 0 Å². The number of aliphatic hydroxyl groups is 2. The standard InChI is InChI=1S/C3H4O6.2Li/c4-1(5)3(8,9)2(6)7;;/h8-9H,(H,4,5)(H,6,7);;/q;2*+1/p-2. The minimum absolute atomic E-state index is 0. The Kier molecular flexibility index (Phi) is 8.88. The van der Waals surface area contributed by atoms with Crippen LogP contribution in [0.25, 0.3) is 0 Å². The van der Waals surface area contributed by atoms with Crippen molar-refractivity contribution in [2.45, 2.75) is 5.79 Å². The molecule has 0 aromatic carbocycles. The van der Waals surface area contributed by atoms with Crippen molar-refractivity contribution >= 4 is 11.9 Å². The van der Waals surface area contributed by atoms with E-state index in [1.165, 1.54) is 0 Å². The van der Waals surface area contributed by atoms with Gasteiger partial charge >= 0.3 is 37.7 Å². The Morgan fingerprint density at radius 1 is 1.00 bits per heavy atom. The van der Waals surface area contributed by atoms with E-state index in [0.29, 0.717) is 0 Å². The van der Waals surface area contributed by atoms with E-state index in [1.54, 1.807) is 0 Å². The minimum Gasteiger partial charge on any atom is -0.544 e. The molecular weight excluding hydrogens is 146 g/mol. The largest absolute Gasteiger partial charge is 1.00 e. The van der Waals surface area contributed by atoms with E-state index in [9.17, 15) is 19.8 Å². The molecule has 0 radical (unpaired) electrons. The van der Waals surface area contributed by atoms with Gasteiger partial charge in [0.05, 0.1) is 0 Å². The van der Waals surface area contributed by atoms with Gasteiger partial charge < -0.3 is 30.0 Å². The molecule has 0 atom stereocenters. The van der Waals surface area contributed by atoms with Crippen LogP contribution >= 0.6 is 0 Å². The molecule has 0 aromatic heterocycles. The van der Waals surface area contributed by atoms with Crippen LogP contribution in [0.5, 0.6) is 0 Å². The molecule has 0 aromatic rings. The molecule has 0 bridgehead atoms. The number of carboxylic acid groups (broad SMARTS) is 2. The zero-order chi connectivity index (χ0) is 7.65. The first-order valence-electron chi connectivity index (χ1n) is 1.76. The van der Waals surface area contributed by atoms with Crippen molar-refractivity contribution in [1.82, 2.24) is 0 Å². The van der Waals surface area contributed by atoms with Gasteiger partial charge in [-0.05, 0) is 0 Å². The zero-order valence-electron chi connectivity index (χ0n) is 6.03. The van der Waals surface area contributed by atoms with Gasteiger partial charge in [-0.1, -0.05) is 0 Å². The fraction of sp³-hybridized carbons (Fsp3) is 0.333. The van der Waals surface area contributed by atoms with Crippen LogP contribution in [0.2, 0.25) is 0 Å². The molecule has 0 heterocycles. The van der Waals surface area contributed by atoms with Crippen LogP contribution in [-0.4, -0.2) is 27.9 Å². The molecule has 8 heteroatoms. The summed E-state index contributed by atoms with van der Waals surface area (Å²) in [4.78, 5) is 18.9. The summed E-state index contributed by atoms with van der Waals surface area (Å²) < 4.78 is 0. The number of hydrogen-bond acceptors (Lipinski definition) is 6. The summed E-state index contributed by atoms with van der Waals surface area (Å²) in [6.45, 7) is 0. The number of carbonyl (C=O) groups is 2. The molecule has 2 N–H and O–H groups in total. The predicted molar refractivity (Wildman–Crippen MR) is 17.2 cm³/mol. The van der Waals surface area contributed by atoms with Gasteiger partial charge in [0.15, 0.2) is 0 Å². The van der Waals surface area contributed by atoms with Crippen molar-refractivity contribution in [3.05, 3.63) is 0 Å². The van der Waals surface area contributed by atoms with Gasteiger partial charge in [0.1, 0.15) is 11.9 Å². The van der Waals surface area contributed by atoms with Crippen LogP contribution in [0, 0.1) is 0 Å². The van der Waals surface area contributed by atoms with Crippen molar-refractivity contribution in [3.63, 3.8) is 0 Å². The molecule has 0 unspecified atom stereocenters. The summed E-state index contributed by atoms with van der Waals surface area (Å²) in [6, 6.07) is 0. The fourth-order valence-corrected chi connectivity index (χ4v) is 0.0833. The van der Waals surface area contributed by atoms with E-state index in [0.717, 1.165) is 0 Å². The molecular formula is C3H2Li2O6. The molecule has 0 aliphatic heterocycles. The van der Waals surface area contributed by atoms with E-state index < -0.39 is 17.7 Å². The topological polar surface area (TPSA) is 121 Å². The molecule has 0 aliphatic carbocycles. The van der Waals surface area contributed by atoms with E-state index in [1.807, 2.05) is 0 Å². The van der Waals surface area contributed by atoms with Gasteiger partial charge in [-0.25, -0.2) is 0 Å². The number of carboxylic acids is 2. The Hall–Kier alpha value is 0.0548. The second kappa shape index (κ2) is 5.67. The molecule has 0 amide bonds. The summed E-state index contributed by atoms with van der Waals surface area (Å²) in [5.41, 5.74) is 0. The quantitative estimate of drug-likeness (QED) is 0.228. The first-order chi connectivity index (χ1) is 3.89. The van der Waals surface area contributed by atoms with Gasteiger partial charge in [-0.15, -0.1) is 0 Å². The minimum atomic E-state index is -3.89. The maximum atomic E-state index is 9.43. The maximum absolute atomic E-state index is 9.43. The second-order valence-corrected chi connectivity index (χ2v) is 1.25. The average Bonchev–Trinajstić information content (AvgIpc) is 1.65. The van der Waals surface area contributed by atoms with E-state index >= 15 is 0 Å². The summed E-state index contributed by atoms with van der Waals surface area (Å²) in [5, 5.41) is 34.7. The number of hydrogen-bond donors (Lipinski definition) is 2. The number of rotatable bonds is 2. The van der Waals surface area contributed by atoms with Gasteiger partial charge in [-0.2, -0.15) is 0 Å². The molecule has 0 saturated heterocycles. The van der Waals surface area contributed by atoms with Crippen molar-refractivity contribution in [1.29, 1.82) is 0 Å². The SMILES string of the molecule is O=C([O-])C(O)(O)C(=O)[O-].[Li+].[Li+]. The zero-order valence-corrected chi connectivity index (χ0v) is 6.03. The van der Waals surface area contributed by atoms with Gasteiger partial charge in [0.2, 0.25) is 5.79 Å². The third kappa shape index (κ3) is 4.49. The first-order valence-corrected chi connectivity index (χ1v) is 1.76. The summed E-state index contributed by atoms with van der Waals surface area (Å²) in [5.74, 6) is -8.94. The average molecular weight is 148 g/mol. The number of aliphatic carboxylic acids is 2. The summed E-state index contributed by atoms with van der Waals surface area (Å²) in [6.07, 6.45) is 0. The Balaban J connectivity index is -0.000000320. The third-order valence-electron chi connectivity index (χ3n) is 0.569. The Labute approximate surface area is 85.6 Å². The predicted octanol–water partition coefficient (Wildman–Crippen LogP) is -10.8. The summed E-state index contributed by atoms with van der Waals surface area (Å²) in [7, 11) is 0. The van der Waals surface area contributed by atoms with Crippen LogP contribution in [0.3, 0.4) is 0 Å². The van der Waals surface area contributed by atoms with Crippen molar-refractivity contribution in [3.8, 4) is 0 Å². The molecule has 0 spiro atoms. The Bertz CT molecular complexity index is 138. The molecule has 11 heavy (non-hydrogen) atoms. The number of carbonyl (C=O) groups excluding carboxylic acids is 2. The van der Waals surface area contributed by atoms with E-state index in [4.69, 9.17) is 10.2 Å². The molecule has 0 aliphatic rings. The van der Waals surface area contributed by atoms with Gasteiger partial charge in [0, 0.05) is 0 Å². The second-order valence-electron chi connectivity index (χ2n) is 1.25. The van der Waals surface area contributed by atoms with Crippen molar-refractivity contribution < 1.29 is 67.7 Å². The van der Waals surface area contributed by atoms with Crippen LogP contribution in [0.15, 0.2) is 0 Å². The first kappa shape index (κ1) is 17.2. The molecule has 52 valence electrons. The Morgan fingerprint density at radius 2 is 1.18 bits per heavy atom. The van der Waals surface area contributed by atoms with Crippen LogP contribution < -0.4 is 47.9 Å². The third-order valence-corrected chi connectivity index (χ3v) is 0.569. The summed E-state index contributed by atoms with van der Waals surface area (Å²) >= 11 is 0. The van der Waals surface area contributed by atoms with Crippen LogP contribution in [0.1, 0.15) is 0 Å². The van der Waals surface area contributed by atoms with Gasteiger partial charge in [0.25, 0.3) is 0 Å². The fourth-order valence-electron chi connectivity index (χ4n) is 0.0833. The Morgan fingerprint density at radius 3 is 1.18 bits per heavy atom. The van der Waals surface area contributed by atoms with Gasteiger partial charge in [-0.3, -0.25) is 0 Å². The van der Waals surface area contributed by atoms with E-state index in [2.05, 4.69) is 0 Å². The molecule has 0 fully saturated rings. The normalized spacial score (nSPS) is 8.91. The van der Waals surface area contributed by atoms with Crippen LogP contribution in [-0.2, 0) is 9.59 Å². The molecule has 0 rings (SSSR count). The smallest absolute Gasteiger partial charge is 0.544 e. The van der Waals surface area contributed by atoms with E-state index in [-0.39, 0.29) is 37.7 Å². The van der Waals surface area contributed by atoms with Crippen LogP contribution in [0.4, 0.5) is 0 Å².